The third-order valence-corrected chi connectivity index (χ3v) is 6.08. The Balaban J connectivity index is 1.45. The Morgan fingerprint density at radius 1 is 1.13 bits per heavy atom. The Hall–Kier alpha value is -3.06. The molecule has 0 spiro atoms. The number of nitrogens with zero attached hydrogens (tertiary/aromatic N) is 2. The number of anilines is 1. The predicted molar refractivity (Wildman–Crippen MR) is 124 cm³/mol. The van der Waals surface area contributed by atoms with E-state index < -0.39 is 0 Å². The topological polar surface area (TPSA) is 96.2 Å². The number of nitrogens with two attached hydrogens (primary N) is 1. The van der Waals surface area contributed by atoms with E-state index in [1.165, 1.54) is 35.6 Å². The molecule has 0 bridgehead atoms. The number of hydrogen-bond donors (Lipinski definition) is 3. The number of aryl methyl sites for hydroxylation is 3. The van der Waals surface area contributed by atoms with E-state index in [2.05, 4.69) is 63.6 Å². The molecule has 154 valence electrons. The fourth-order valence-electron chi connectivity index (χ4n) is 3.51. The van der Waals surface area contributed by atoms with Crippen LogP contribution in [0.1, 0.15) is 35.2 Å². The monoisotopic (exact) mass is 419 g/mol. The molecule has 0 aliphatic heterocycles. The van der Waals surface area contributed by atoms with Gasteiger partial charge in [-0.15, -0.1) is 11.8 Å². The van der Waals surface area contributed by atoms with Crippen LogP contribution in [0.5, 0.6) is 0 Å². The van der Waals surface area contributed by atoms with Crippen LogP contribution in [-0.2, 0) is 18.6 Å². The molecule has 1 aromatic heterocycles. The Kier molecular flexibility index (Phi) is 6.18. The summed E-state index contributed by atoms with van der Waals surface area (Å²) in [6.45, 7) is 2.06. The minimum atomic E-state index is -0.246. The van der Waals surface area contributed by atoms with Crippen LogP contribution in [0.4, 0.5) is 11.6 Å². The smallest absolute Gasteiger partial charge is 0.252 e. The lowest BCUT2D eigenvalue weighted by Gasteiger charge is -2.17. The molecule has 0 fully saturated rings. The summed E-state index contributed by atoms with van der Waals surface area (Å²) < 4.78 is 0. The maximum atomic E-state index is 12.0. The highest BCUT2D eigenvalue weighted by molar-refractivity contribution is 7.98. The molecule has 3 aromatic rings. The van der Waals surface area contributed by atoms with Crippen LogP contribution in [0.15, 0.2) is 63.2 Å². The molecule has 0 saturated heterocycles. The molecular formula is C23H25N5OS. The van der Waals surface area contributed by atoms with Gasteiger partial charge in [-0.05, 0) is 68.0 Å². The summed E-state index contributed by atoms with van der Waals surface area (Å²) in [5.41, 5.74) is 11.4. The summed E-state index contributed by atoms with van der Waals surface area (Å²) in [4.78, 5) is 24.5. The van der Waals surface area contributed by atoms with Gasteiger partial charge in [-0.25, -0.2) is 4.98 Å². The highest BCUT2D eigenvalue weighted by Gasteiger charge is 2.10. The van der Waals surface area contributed by atoms with E-state index in [1.54, 1.807) is 11.8 Å². The molecule has 1 aliphatic carbocycles. The molecule has 6 nitrogen and oxygen atoms in total. The van der Waals surface area contributed by atoms with E-state index in [0.717, 1.165) is 23.4 Å². The molecule has 0 saturated carbocycles. The molecule has 1 heterocycles. The Labute approximate surface area is 180 Å². The first kappa shape index (κ1) is 20.2. The summed E-state index contributed by atoms with van der Waals surface area (Å²) in [5, 5.41) is 3.10. The van der Waals surface area contributed by atoms with E-state index in [9.17, 15) is 4.79 Å². The van der Waals surface area contributed by atoms with Gasteiger partial charge in [0.1, 0.15) is 0 Å². The summed E-state index contributed by atoms with van der Waals surface area (Å²) >= 11 is 1.62. The zero-order valence-electron chi connectivity index (χ0n) is 16.9. The van der Waals surface area contributed by atoms with Crippen LogP contribution < -0.4 is 16.6 Å². The van der Waals surface area contributed by atoms with Gasteiger partial charge >= 0.3 is 0 Å². The largest absolute Gasteiger partial charge is 0.369 e. The van der Waals surface area contributed by atoms with Gasteiger partial charge in [0.15, 0.2) is 0 Å². The SMILES string of the molecule is Cc1ccc(SCc2cc(=O)[nH]c(/N=C(\N)Nc3ccc4c(c3)CCCC4)n2)cc1. The summed E-state index contributed by atoms with van der Waals surface area (Å²) in [6.07, 6.45) is 4.70. The second kappa shape index (κ2) is 9.17. The summed E-state index contributed by atoms with van der Waals surface area (Å²) in [6, 6.07) is 16.0. The lowest BCUT2D eigenvalue weighted by atomic mass is 9.91. The molecule has 1 aliphatic rings. The fraction of sp³-hybridized carbons (Fsp3) is 0.261. The number of aromatic amines is 1. The number of fused-ring (bicyclic) bond motifs is 1. The highest BCUT2D eigenvalue weighted by atomic mass is 32.2. The Morgan fingerprint density at radius 3 is 2.70 bits per heavy atom. The van der Waals surface area contributed by atoms with Crippen molar-refractivity contribution in [1.29, 1.82) is 0 Å². The molecule has 7 heteroatoms. The molecule has 4 rings (SSSR count). The molecule has 30 heavy (non-hydrogen) atoms. The number of rotatable bonds is 5. The van der Waals surface area contributed by atoms with Gasteiger partial charge in [0.25, 0.3) is 5.56 Å². The number of aliphatic imine (C=N–C) groups is 1. The zero-order valence-corrected chi connectivity index (χ0v) is 17.8. The molecule has 4 N–H and O–H groups in total. The minimum absolute atomic E-state index is 0.192. The number of aromatic nitrogens is 2. The van der Waals surface area contributed by atoms with E-state index in [4.69, 9.17) is 5.73 Å². The van der Waals surface area contributed by atoms with Crippen LogP contribution >= 0.6 is 11.8 Å². The van der Waals surface area contributed by atoms with Gasteiger partial charge in [0, 0.05) is 22.4 Å². The number of benzene rings is 2. The summed E-state index contributed by atoms with van der Waals surface area (Å²) in [7, 11) is 0. The van der Waals surface area contributed by atoms with Crippen molar-refractivity contribution in [1.82, 2.24) is 9.97 Å². The van der Waals surface area contributed by atoms with Gasteiger partial charge < -0.3 is 11.1 Å². The van der Waals surface area contributed by atoms with Gasteiger partial charge in [0.2, 0.25) is 11.9 Å². The Bertz CT molecular complexity index is 1120. The van der Waals surface area contributed by atoms with Crippen molar-refractivity contribution in [3.8, 4) is 0 Å². The molecule has 0 radical (unpaired) electrons. The first-order valence-electron chi connectivity index (χ1n) is 10.1. The van der Waals surface area contributed by atoms with Crippen LogP contribution in [0.3, 0.4) is 0 Å². The second-order valence-corrected chi connectivity index (χ2v) is 8.52. The molecule has 0 unspecified atom stereocenters. The first-order valence-corrected chi connectivity index (χ1v) is 11.1. The minimum Gasteiger partial charge on any atom is -0.369 e. The Morgan fingerprint density at radius 2 is 1.90 bits per heavy atom. The third-order valence-electron chi connectivity index (χ3n) is 5.04. The van der Waals surface area contributed by atoms with Gasteiger partial charge in [0.05, 0.1) is 5.69 Å². The second-order valence-electron chi connectivity index (χ2n) is 7.47. The van der Waals surface area contributed by atoms with Crippen molar-refractivity contribution in [3.63, 3.8) is 0 Å². The fourth-order valence-corrected chi connectivity index (χ4v) is 4.30. The molecular weight excluding hydrogens is 394 g/mol. The van der Waals surface area contributed by atoms with E-state index in [-0.39, 0.29) is 17.5 Å². The van der Waals surface area contributed by atoms with Crippen molar-refractivity contribution < 1.29 is 0 Å². The lowest BCUT2D eigenvalue weighted by Crippen LogP contribution is -2.23. The van der Waals surface area contributed by atoms with E-state index in [1.807, 2.05) is 6.07 Å². The standard InChI is InChI=1S/C23H25N5OS/c1-15-6-10-20(11-7-15)30-14-19-13-21(29)27-23(26-19)28-22(24)25-18-9-8-16-4-2-3-5-17(16)12-18/h6-13H,2-5,14H2,1H3,(H4,24,25,26,27,28,29). The number of nitrogens with one attached hydrogen (secondary N) is 2. The lowest BCUT2D eigenvalue weighted by molar-refractivity contribution is 0.686. The maximum absolute atomic E-state index is 12.0. The van der Waals surface area contributed by atoms with Gasteiger partial charge in [-0.2, -0.15) is 4.99 Å². The third kappa shape index (κ3) is 5.30. The number of H-pyrrole nitrogens is 1. The van der Waals surface area contributed by atoms with Crippen LogP contribution in [-0.4, -0.2) is 15.9 Å². The molecule has 2 aromatic carbocycles. The normalized spacial score (nSPS) is 13.7. The number of hydrogen-bond acceptors (Lipinski definition) is 4. The summed E-state index contributed by atoms with van der Waals surface area (Å²) in [5.74, 6) is 0.968. The van der Waals surface area contributed by atoms with E-state index in [0.29, 0.717) is 11.4 Å². The average Bonchev–Trinajstić information content (AvgIpc) is 2.73. The van der Waals surface area contributed by atoms with Crippen molar-refractivity contribution in [3.05, 3.63) is 81.3 Å². The number of thioether (sulfide) groups is 1. The first-order chi connectivity index (χ1) is 14.5. The quantitative estimate of drug-likeness (QED) is 0.325. The van der Waals surface area contributed by atoms with Crippen molar-refractivity contribution in [2.24, 2.45) is 10.7 Å². The van der Waals surface area contributed by atoms with Crippen LogP contribution in [0.25, 0.3) is 0 Å². The van der Waals surface area contributed by atoms with Crippen LogP contribution in [0, 0.1) is 6.92 Å². The zero-order chi connectivity index (χ0) is 20.9. The van der Waals surface area contributed by atoms with Gasteiger partial charge in [-0.1, -0.05) is 23.8 Å². The number of guanidine groups is 1. The van der Waals surface area contributed by atoms with Gasteiger partial charge in [-0.3, -0.25) is 9.78 Å². The predicted octanol–water partition coefficient (Wildman–Crippen LogP) is 4.31. The highest BCUT2D eigenvalue weighted by Crippen LogP contribution is 2.24. The molecule has 0 amide bonds. The average molecular weight is 420 g/mol. The van der Waals surface area contributed by atoms with Crippen LogP contribution in [0.2, 0.25) is 0 Å². The van der Waals surface area contributed by atoms with E-state index >= 15 is 0 Å². The van der Waals surface area contributed by atoms with Crippen molar-refractivity contribution in [2.45, 2.75) is 43.3 Å². The van der Waals surface area contributed by atoms with Crippen molar-refractivity contribution in [2.75, 3.05) is 5.32 Å². The maximum Gasteiger partial charge on any atom is 0.252 e. The van der Waals surface area contributed by atoms with Crippen molar-refractivity contribution >= 4 is 29.4 Å². The molecule has 0 atom stereocenters.